The maximum absolute atomic E-state index is 2.57. The molecule has 1 fully saturated rings. The van der Waals surface area contributed by atoms with Gasteiger partial charge in [-0.1, -0.05) is 38.3 Å². The molecule has 1 heterocycles. The maximum Gasteiger partial charge on any atom is 0.0254 e. The van der Waals surface area contributed by atoms with Crippen molar-refractivity contribution in [1.82, 2.24) is 4.90 Å². The summed E-state index contributed by atoms with van der Waals surface area (Å²) in [5, 5.41) is 0. The minimum atomic E-state index is 0.214. The smallest absolute Gasteiger partial charge is 0.0254 e. The summed E-state index contributed by atoms with van der Waals surface area (Å²) in [7, 11) is 0.214. The van der Waals surface area contributed by atoms with Crippen molar-refractivity contribution in [3.8, 4) is 0 Å². The predicted octanol–water partition coefficient (Wildman–Crippen LogP) is 2.83. The molecule has 0 aromatic carbocycles. The van der Waals surface area contributed by atoms with Gasteiger partial charge in [-0.3, -0.25) is 0 Å². The zero-order valence-corrected chi connectivity index (χ0v) is 12.0. The fraction of sp³-hybridized carbons (Fsp3) is 0.846. The third-order valence-corrected chi connectivity index (χ3v) is 4.56. The fourth-order valence-electron chi connectivity index (χ4n) is 2.05. The average molecular weight is 225 g/mol. The van der Waals surface area contributed by atoms with Gasteiger partial charge in [0.05, 0.1) is 0 Å². The molecule has 0 saturated carbocycles. The summed E-state index contributed by atoms with van der Waals surface area (Å²) in [5.41, 5.74) is 1.74. The van der Waals surface area contributed by atoms with E-state index in [0.29, 0.717) is 0 Å². The Labute approximate surface area is 97.8 Å². The zero-order chi connectivity index (χ0) is 10.9. The van der Waals surface area contributed by atoms with Crippen molar-refractivity contribution in [3.63, 3.8) is 0 Å². The minimum Gasteiger partial charge on any atom is -0.301 e. The van der Waals surface area contributed by atoms with Gasteiger partial charge in [-0.2, -0.15) is 0 Å². The van der Waals surface area contributed by atoms with Gasteiger partial charge in [-0.05, 0) is 31.5 Å². The first-order chi connectivity index (χ1) is 7.36. The van der Waals surface area contributed by atoms with Gasteiger partial charge in [0.15, 0.2) is 0 Å². The molecule has 2 heteroatoms. The average Bonchev–Trinajstić information content (AvgIpc) is 3.02. The molecule has 0 aliphatic carbocycles. The van der Waals surface area contributed by atoms with Crippen LogP contribution in [0.2, 0.25) is 12.1 Å². The van der Waals surface area contributed by atoms with Crippen LogP contribution in [0.5, 0.6) is 0 Å². The van der Waals surface area contributed by atoms with E-state index in [0.717, 1.165) is 0 Å². The molecule has 1 rings (SSSR count). The molecule has 0 bridgehead atoms. The van der Waals surface area contributed by atoms with E-state index < -0.39 is 0 Å². The highest BCUT2D eigenvalue weighted by molar-refractivity contribution is 6.36. The second-order valence-electron chi connectivity index (χ2n) is 4.70. The number of hydrogen-bond donors (Lipinski definition) is 0. The molecule has 88 valence electrons. The van der Waals surface area contributed by atoms with Gasteiger partial charge in [0.1, 0.15) is 0 Å². The first-order valence-electron chi connectivity index (χ1n) is 6.77. The quantitative estimate of drug-likeness (QED) is 0.252. The Morgan fingerprint density at radius 2 is 1.87 bits per heavy atom. The third-order valence-electron chi connectivity index (χ3n) is 3.04. The molecule has 1 aliphatic heterocycles. The van der Waals surface area contributed by atoms with Crippen LogP contribution in [-0.4, -0.2) is 34.1 Å². The van der Waals surface area contributed by atoms with Gasteiger partial charge < -0.3 is 4.90 Å². The molecule has 0 atom stereocenters. The lowest BCUT2D eigenvalue weighted by atomic mass is 10.1. The van der Waals surface area contributed by atoms with Gasteiger partial charge in [-0.25, -0.2) is 0 Å². The van der Waals surface area contributed by atoms with Crippen LogP contribution < -0.4 is 0 Å². The first kappa shape index (κ1) is 13.0. The lowest BCUT2D eigenvalue weighted by Gasteiger charge is -2.04. The van der Waals surface area contributed by atoms with Crippen LogP contribution in [0.1, 0.15) is 39.5 Å². The highest BCUT2D eigenvalue weighted by Gasteiger charge is 2.14. The molecule has 1 aliphatic rings. The summed E-state index contributed by atoms with van der Waals surface area (Å²) in [6.45, 7) is 8.74. The minimum absolute atomic E-state index is 0.214. The Bertz CT molecular complexity index is 177. The van der Waals surface area contributed by atoms with Crippen LogP contribution >= 0.6 is 0 Å². The first-order valence-corrected chi connectivity index (χ1v) is 8.77. The normalized spacial score (nSPS) is 16.1. The number of allylic oxidation sites excluding steroid dienone is 2. The molecule has 0 aromatic rings. The maximum atomic E-state index is 2.57. The predicted molar refractivity (Wildman–Crippen MR) is 72.5 cm³/mol. The number of hydrogen-bond acceptors (Lipinski definition) is 1. The molecule has 0 unspecified atom stereocenters. The molecular formula is C13H27NSi. The van der Waals surface area contributed by atoms with Gasteiger partial charge in [0.25, 0.3) is 0 Å². The number of nitrogens with zero attached hydrogens (tertiary/aromatic N) is 1. The van der Waals surface area contributed by atoms with Crippen molar-refractivity contribution >= 4 is 9.52 Å². The lowest BCUT2D eigenvalue weighted by molar-refractivity contribution is 0.593. The molecule has 0 amide bonds. The van der Waals surface area contributed by atoms with Gasteiger partial charge in [-0.15, -0.1) is 0 Å². The Morgan fingerprint density at radius 3 is 2.40 bits per heavy atom. The van der Waals surface area contributed by atoms with E-state index >= 15 is 0 Å². The van der Waals surface area contributed by atoms with Gasteiger partial charge in [0, 0.05) is 22.6 Å². The van der Waals surface area contributed by atoms with Crippen LogP contribution in [0.4, 0.5) is 0 Å². The highest BCUT2D eigenvalue weighted by Crippen LogP contribution is 2.13. The van der Waals surface area contributed by atoms with Crippen molar-refractivity contribution in [2.24, 2.45) is 0 Å². The van der Waals surface area contributed by atoms with Crippen molar-refractivity contribution in [2.75, 3.05) is 19.6 Å². The highest BCUT2D eigenvalue weighted by atomic mass is 28.2. The fourth-order valence-corrected chi connectivity index (χ4v) is 3.62. The van der Waals surface area contributed by atoms with Gasteiger partial charge in [0.2, 0.25) is 0 Å². The Morgan fingerprint density at radius 1 is 1.20 bits per heavy atom. The molecule has 1 saturated heterocycles. The van der Waals surface area contributed by atoms with Crippen molar-refractivity contribution in [1.29, 1.82) is 0 Å². The van der Waals surface area contributed by atoms with Crippen LogP contribution in [0.15, 0.2) is 11.6 Å². The Kier molecular flexibility index (Phi) is 7.02. The summed E-state index contributed by atoms with van der Waals surface area (Å²) in [6.07, 6.45) is 7.90. The summed E-state index contributed by atoms with van der Waals surface area (Å²) >= 11 is 0. The zero-order valence-electron chi connectivity index (χ0n) is 10.6. The molecule has 0 spiro atoms. The lowest BCUT2D eigenvalue weighted by Crippen LogP contribution is -2.02. The SMILES string of the molecule is CCCC(=CC[SiH2]CCN1CC1)CCC. The Hall–Kier alpha value is -0.0831. The number of rotatable bonds is 9. The van der Waals surface area contributed by atoms with Crippen LogP contribution in [0.3, 0.4) is 0 Å². The topological polar surface area (TPSA) is 3.01 Å². The summed E-state index contributed by atoms with van der Waals surface area (Å²) in [4.78, 5) is 2.55. The summed E-state index contributed by atoms with van der Waals surface area (Å²) in [5.74, 6) is 0. The Balaban J connectivity index is 2.02. The van der Waals surface area contributed by atoms with E-state index in [2.05, 4.69) is 24.8 Å². The van der Waals surface area contributed by atoms with Crippen molar-refractivity contribution < 1.29 is 0 Å². The van der Waals surface area contributed by atoms with E-state index in [1.807, 2.05) is 0 Å². The second kappa shape index (κ2) is 8.11. The van der Waals surface area contributed by atoms with E-state index in [-0.39, 0.29) is 9.52 Å². The molecule has 15 heavy (non-hydrogen) atoms. The molecule has 1 nitrogen and oxygen atoms in total. The molecular weight excluding hydrogens is 198 g/mol. The van der Waals surface area contributed by atoms with Crippen LogP contribution in [-0.2, 0) is 0 Å². The van der Waals surface area contributed by atoms with Crippen LogP contribution in [0, 0.1) is 0 Å². The van der Waals surface area contributed by atoms with Crippen LogP contribution in [0.25, 0.3) is 0 Å². The molecule has 0 aromatic heterocycles. The monoisotopic (exact) mass is 225 g/mol. The largest absolute Gasteiger partial charge is 0.301 e. The van der Waals surface area contributed by atoms with E-state index in [4.69, 9.17) is 0 Å². The van der Waals surface area contributed by atoms with E-state index in [9.17, 15) is 0 Å². The second-order valence-corrected chi connectivity index (χ2v) is 6.69. The summed E-state index contributed by atoms with van der Waals surface area (Å²) in [6, 6.07) is 2.98. The molecule has 0 radical (unpaired) electrons. The summed E-state index contributed by atoms with van der Waals surface area (Å²) < 4.78 is 0. The standard InChI is InChI=1S/C13H27NSi/c1-3-5-13(6-4-2)7-11-15-12-10-14-8-9-14/h7H,3-6,8-12,15H2,1-2H3. The molecule has 0 N–H and O–H groups in total. The van der Waals surface area contributed by atoms with Gasteiger partial charge >= 0.3 is 0 Å². The van der Waals surface area contributed by atoms with Crippen molar-refractivity contribution in [2.45, 2.75) is 51.6 Å². The van der Waals surface area contributed by atoms with E-state index in [1.165, 1.54) is 57.4 Å². The van der Waals surface area contributed by atoms with E-state index in [1.54, 1.807) is 5.57 Å². The third kappa shape index (κ3) is 6.91. The van der Waals surface area contributed by atoms with Crippen molar-refractivity contribution in [3.05, 3.63) is 11.6 Å².